The Hall–Kier alpha value is -2.74. The summed E-state index contributed by atoms with van der Waals surface area (Å²) >= 11 is 1.30. The summed E-state index contributed by atoms with van der Waals surface area (Å²) < 4.78 is 1.29. The summed E-state index contributed by atoms with van der Waals surface area (Å²) in [5, 5.41) is 7.79. The van der Waals surface area contributed by atoms with Crippen molar-refractivity contribution in [3.05, 3.63) is 57.5 Å². The Kier molecular flexibility index (Phi) is 5.85. The van der Waals surface area contributed by atoms with E-state index in [1.54, 1.807) is 11.9 Å². The standard InChI is InChI=1S/C19H23N5O2S/c1-4-6-15-10-17(26)24-18(21-15)27-19(22-24)23(3)12-16(25)20-11-14-8-5-7-13(2)9-14/h5,7-10H,4,6,11-12H2,1-3H3,(H,20,25). The highest BCUT2D eigenvalue weighted by atomic mass is 32.1. The Balaban J connectivity index is 1.66. The van der Waals surface area contributed by atoms with Gasteiger partial charge in [-0.2, -0.15) is 4.52 Å². The van der Waals surface area contributed by atoms with Gasteiger partial charge in [0.2, 0.25) is 16.0 Å². The molecule has 0 saturated carbocycles. The molecule has 7 nitrogen and oxygen atoms in total. The van der Waals surface area contributed by atoms with Crippen LogP contribution in [0.4, 0.5) is 5.13 Å². The molecule has 0 bridgehead atoms. The van der Waals surface area contributed by atoms with Crippen LogP contribution in [-0.4, -0.2) is 34.1 Å². The Bertz CT molecular complexity index is 1010. The number of aryl methyl sites for hydroxylation is 2. The Morgan fingerprint density at radius 1 is 1.33 bits per heavy atom. The molecular weight excluding hydrogens is 362 g/mol. The lowest BCUT2D eigenvalue weighted by Gasteiger charge is -2.14. The number of carbonyl (C=O) groups is 1. The Morgan fingerprint density at radius 2 is 2.15 bits per heavy atom. The fourth-order valence-electron chi connectivity index (χ4n) is 2.75. The van der Waals surface area contributed by atoms with Crippen LogP contribution >= 0.6 is 11.3 Å². The van der Waals surface area contributed by atoms with Crippen molar-refractivity contribution in [3.63, 3.8) is 0 Å². The number of nitrogens with zero attached hydrogens (tertiary/aromatic N) is 4. The Labute approximate surface area is 161 Å². The normalized spacial score (nSPS) is 10.9. The molecule has 0 aliphatic rings. The number of likely N-dealkylation sites (N-methyl/N-ethyl adjacent to an activating group) is 1. The lowest BCUT2D eigenvalue weighted by molar-refractivity contribution is -0.119. The van der Waals surface area contributed by atoms with Gasteiger partial charge in [-0.05, 0) is 18.9 Å². The number of anilines is 1. The molecule has 0 saturated heterocycles. The largest absolute Gasteiger partial charge is 0.350 e. The zero-order valence-corrected chi connectivity index (χ0v) is 16.5. The molecule has 0 aliphatic heterocycles. The first-order chi connectivity index (χ1) is 13.0. The summed E-state index contributed by atoms with van der Waals surface area (Å²) in [6.45, 7) is 4.71. The van der Waals surface area contributed by atoms with Gasteiger partial charge in [0.15, 0.2) is 0 Å². The zero-order valence-electron chi connectivity index (χ0n) is 15.7. The maximum atomic E-state index is 12.2. The number of amides is 1. The van der Waals surface area contributed by atoms with E-state index < -0.39 is 0 Å². The molecule has 0 atom stereocenters. The van der Waals surface area contributed by atoms with Gasteiger partial charge in [0.05, 0.1) is 6.54 Å². The third-order valence-corrected chi connectivity index (χ3v) is 5.10. The summed E-state index contributed by atoms with van der Waals surface area (Å²) in [6.07, 6.45) is 1.69. The van der Waals surface area contributed by atoms with Crippen LogP contribution in [0, 0.1) is 6.92 Å². The van der Waals surface area contributed by atoms with Crippen LogP contribution < -0.4 is 15.8 Å². The topological polar surface area (TPSA) is 79.6 Å². The highest BCUT2D eigenvalue weighted by molar-refractivity contribution is 7.20. The molecular formula is C19H23N5O2S. The van der Waals surface area contributed by atoms with Gasteiger partial charge >= 0.3 is 0 Å². The fraction of sp³-hybridized carbons (Fsp3) is 0.368. The molecule has 2 aromatic heterocycles. The molecule has 142 valence electrons. The van der Waals surface area contributed by atoms with E-state index in [1.165, 1.54) is 21.9 Å². The first kappa shape index (κ1) is 19.0. The minimum absolute atomic E-state index is 0.106. The summed E-state index contributed by atoms with van der Waals surface area (Å²) in [4.78, 5) is 31.2. The molecule has 3 aromatic rings. The Morgan fingerprint density at radius 3 is 2.89 bits per heavy atom. The van der Waals surface area contributed by atoms with Crippen LogP contribution in [0.25, 0.3) is 4.96 Å². The van der Waals surface area contributed by atoms with Crippen molar-refractivity contribution >= 4 is 27.3 Å². The molecule has 2 heterocycles. The monoisotopic (exact) mass is 385 g/mol. The fourth-order valence-corrected chi connectivity index (χ4v) is 3.63. The molecule has 8 heteroatoms. The maximum Gasteiger partial charge on any atom is 0.275 e. The van der Waals surface area contributed by atoms with Gasteiger partial charge in [-0.1, -0.05) is 54.5 Å². The summed E-state index contributed by atoms with van der Waals surface area (Å²) in [7, 11) is 1.78. The van der Waals surface area contributed by atoms with E-state index in [9.17, 15) is 9.59 Å². The minimum atomic E-state index is -0.191. The van der Waals surface area contributed by atoms with E-state index in [2.05, 4.69) is 15.4 Å². The predicted octanol–water partition coefficient (Wildman–Crippen LogP) is 2.16. The minimum Gasteiger partial charge on any atom is -0.350 e. The number of hydrogen-bond donors (Lipinski definition) is 1. The smallest absolute Gasteiger partial charge is 0.275 e. The first-order valence-electron chi connectivity index (χ1n) is 8.89. The van der Waals surface area contributed by atoms with Crippen molar-refractivity contribution in [1.29, 1.82) is 0 Å². The highest BCUT2D eigenvalue weighted by Gasteiger charge is 2.14. The average Bonchev–Trinajstić information content (AvgIpc) is 3.05. The summed E-state index contributed by atoms with van der Waals surface area (Å²) in [5.41, 5.74) is 2.80. The molecule has 0 aliphatic carbocycles. The van der Waals surface area contributed by atoms with E-state index in [4.69, 9.17) is 0 Å². The van der Waals surface area contributed by atoms with Gasteiger partial charge in [0.25, 0.3) is 5.56 Å². The number of carbonyl (C=O) groups excluding carboxylic acids is 1. The van der Waals surface area contributed by atoms with Gasteiger partial charge in [0.1, 0.15) is 0 Å². The van der Waals surface area contributed by atoms with E-state index in [0.29, 0.717) is 16.6 Å². The summed E-state index contributed by atoms with van der Waals surface area (Å²) in [6, 6.07) is 9.55. The molecule has 1 amide bonds. The van der Waals surface area contributed by atoms with Crippen LogP contribution in [0.3, 0.4) is 0 Å². The van der Waals surface area contributed by atoms with Gasteiger partial charge in [-0.25, -0.2) is 4.98 Å². The van der Waals surface area contributed by atoms with Crippen LogP contribution in [0.5, 0.6) is 0 Å². The number of hydrogen-bond acceptors (Lipinski definition) is 6. The maximum absolute atomic E-state index is 12.2. The molecule has 3 rings (SSSR count). The van der Waals surface area contributed by atoms with E-state index in [1.807, 2.05) is 38.1 Å². The molecule has 0 spiro atoms. The third-order valence-electron chi connectivity index (χ3n) is 4.07. The van der Waals surface area contributed by atoms with E-state index >= 15 is 0 Å². The predicted molar refractivity (Wildman–Crippen MR) is 107 cm³/mol. The average molecular weight is 385 g/mol. The van der Waals surface area contributed by atoms with Crippen LogP contribution in [-0.2, 0) is 17.8 Å². The molecule has 0 fully saturated rings. The van der Waals surface area contributed by atoms with Crippen molar-refractivity contribution in [1.82, 2.24) is 19.9 Å². The number of aromatic nitrogens is 3. The number of rotatable bonds is 7. The first-order valence-corrected chi connectivity index (χ1v) is 9.71. The van der Waals surface area contributed by atoms with Gasteiger partial charge in [-0.15, -0.1) is 5.10 Å². The lowest BCUT2D eigenvalue weighted by atomic mass is 10.1. The highest BCUT2D eigenvalue weighted by Crippen LogP contribution is 2.20. The van der Waals surface area contributed by atoms with Crippen LogP contribution in [0.15, 0.2) is 35.1 Å². The number of benzene rings is 1. The molecule has 0 unspecified atom stereocenters. The SMILES string of the molecule is CCCc1cc(=O)n2nc(N(C)CC(=O)NCc3cccc(C)c3)sc2n1. The van der Waals surface area contributed by atoms with Crippen molar-refractivity contribution in [2.24, 2.45) is 0 Å². The third kappa shape index (κ3) is 4.71. The van der Waals surface area contributed by atoms with Crippen molar-refractivity contribution in [3.8, 4) is 0 Å². The summed E-state index contributed by atoms with van der Waals surface area (Å²) in [5.74, 6) is -0.106. The number of nitrogens with one attached hydrogen (secondary N) is 1. The lowest BCUT2D eigenvalue weighted by Crippen LogP contribution is -2.34. The van der Waals surface area contributed by atoms with E-state index in [0.717, 1.165) is 29.7 Å². The second-order valence-electron chi connectivity index (χ2n) is 6.54. The molecule has 27 heavy (non-hydrogen) atoms. The van der Waals surface area contributed by atoms with Crippen molar-refractivity contribution in [2.75, 3.05) is 18.5 Å². The van der Waals surface area contributed by atoms with Crippen molar-refractivity contribution in [2.45, 2.75) is 33.2 Å². The number of fused-ring (bicyclic) bond motifs is 1. The van der Waals surface area contributed by atoms with Crippen LogP contribution in [0.2, 0.25) is 0 Å². The second kappa shape index (κ2) is 8.30. The molecule has 1 N–H and O–H groups in total. The van der Waals surface area contributed by atoms with Gasteiger partial charge in [0, 0.05) is 25.4 Å². The van der Waals surface area contributed by atoms with Crippen molar-refractivity contribution < 1.29 is 4.79 Å². The zero-order chi connectivity index (χ0) is 19.4. The van der Waals surface area contributed by atoms with Crippen LogP contribution in [0.1, 0.15) is 30.2 Å². The van der Waals surface area contributed by atoms with Gasteiger partial charge in [-0.3, -0.25) is 9.59 Å². The quantitative estimate of drug-likeness (QED) is 0.674. The van der Waals surface area contributed by atoms with Gasteiger partial charge < -0.3 is 10.2 Å². The van der Waals surface area contributed by atoms with E-state index in [-0.39, 0.29) is 18.0 Å². The second-order valence-corrected chi connectivity index (χ2v) is 7.47. The molecule has 1 aromatic carbocycles. The molecule has 0 radical (unpaired) electrons.